The predicted molar refractivity (Wildman–Crippen MR) is 120 cm³/mol. The molecule has 1 aromatic heterocycles. The van der Waals surface area contributed by atoms with Crippen LogP contribution in [0.4, 0.5) is 13.2 Å². The molecule has 1 saturated heterocycles. The first-order chi connectivity index (χ1) is 16.0. The summed E-state index contributed by atoms with van der Waals surface area (Å²) in [6, 6.07) is 8.69. The molecule has 1 unspecified atom stereocenters. The van der Waals surface area contributed by atoms with Gasteiger partial charge in [0.25, 0.3) is 5.76 Å². The van der Waals surface area contributed by atoms with Crippen molar-refractivity contribution < 1.29 is 35.5 Å². The van der Waals surface area contributed by atoms with Gasteiger partial charge < -0.3 is 13.9 Å². The van der Waals surface area contributed by atoms with Gasteiger partial charge in [-0.25, -0.2) is 8.42 Å². The largest absolute Gasteiger partial charge is 0.478 e. The molecule has 1 atom stereocenters. The highest BCUT2D eigenvalue weighted by atomic mass is 79.9. The highest BCUT2D eigenvalue weighted by Crippen LogP contribution is 2.42. The molecule has 12 heteroatoms. The Balaban J connectivity index is 1.63. The molecule has 1 fully saturated rings. The van der Waals surface area contributed by atoms with Gasteiger partial charge in [-0.2, -0.15) is 13.2 Å². The SMILES string of the molecule is O=c1c(Oc2ccccc2Br)c(C(F)(F)F)oc2c3c(ccc12)OCN(C1CCS(=O)(=O)C1)C3. The van der Waals surface area contributed by atoms with E-state index < -0.39 is 33.0 Å². The molecule has 2 aliphatic heterocycles. The summed E-state index contributed by atoms with van der Waals surface area (Å²) >= 11 is 3.20. The van der Waals surface area contributed by atoms with Crippen molar-refractivity contribution in [3.8, 4) is 17.2 Å². The summed E-state index contributed by atoms with van der Waals surface area (Å²) in [7, 11) is -3.18. The molecule has 3 aromatic rings. The monoisotopic (exact) mass is 559 g/mol. The minimum Gasteiger partial charge on any atom is -0.478 e. The number of para-hydroxylation sites is 1. The van der Waals surface area contributed by atoms with Gasteiger partial charge in [0.2, 0.25) is 11.2 Å². The van der Waals surface area contributed by atoms with Gasteiger partial charge in [-0.15, -0.1) is 0 Å². The lowest BCUT2D eigenvalue weighted by atomic mass is 10.1. The highest BCUT2D eigenvalue weighted by molar-refractivity contribution is 9.10. The molecular weight excluding hydrogens is 543 g/mol. The molecule has 0 radical (unpaired) electrons. The zero-order chi connectivity index (χ0) is 24.3. The summed E-state index contributed by atoms with van der Waals surface area (Å²) in [6.45, 7) is 0.163. The van der Waals surface area contributed by atoms with Crippen LogP contribution >= 0.6 is 15.9 Å². The Morgan fingerprint density at radius 2 is 1.91 bits per heavy atom. The van der Waals surface area contributed by atoms with Crippen LogP contribution in [0.5, 0.6) is 17.2 Å². The van der Waals surface area contributed by atoms with E-state index in [9.17, 15) is 26.4 Å². The van der Waals surface area contributed by atoms with Gasteiger partial charge in [-0.3, -0.25) is 9.69 Å². The van der Waals surface area contributed by atoms with Crippen LogP contribution in [0.2, 0.25) is 0 Å². The van der Waals surface area contributed by atoms with Crippen molar-refractivity contribution in [1.29, 1.82) is 0 Å². The van der Waals surface area contributed by atoms with Crippen molar-refractivity contribution in [2.24, 2.45) is 0 Å². The molecule has 34 heavy (non-hydrogen) atoms. The maximum Gasteiger partial charge on any atom is 0.453 e. The molecular formula is C22H17BrF3NO6S. The van der Waals surface area contributed by atoms with Crippen LogP contribution < -0.4 is 14.9 Å². The maximum absolute atomic E-state index is 14.0. The molecule has 0 bridgehead atoms. The third kappa shape index (κ3) is 4.18. The average Bonchev–Trinajstić information content (AvgIpc) is 3.15. The van der Waals surface area contributed by atoms with E-state index >= 15 is 0 Å². The summed E-state index contributed by atoms with van der Waals surface area (Å²) in [5, 5.41) is -0.0988. The number of nitrogens with zero attached hydrogens (tertiary/aromatic N) is 1. The van der Waals surface area contributed by atoms with E-state index in [0.717, 1.165) is 0 Å². The summed E-state index contributed by atoms with van der Waals surface area (Å²) < 4.78 is 82.4. The van der Waals surface area contributed by atoms with Gasteiger partial charge in [0.1, 0.15) is 23.8 Å². The highest BCUT2D eigenvalue weighted by Gasteiger charge is 2.42. The predicted octanol–water partition coefficient (Wildman–Crippen LogP) is 4.71. The first kappa shape index (κ1) is 23.2. The van der Waals surface area contributed by atoms with Crippen molar-refractivity contribution >= 4 is 36.7 Å². The number of hydrogen-bond donors (Lipinski definition) is 0. The zero-order valence-electron chi connectivity index (χ0n) is 17.4. The molecule has 2 aromatic carbocycles. The van der Waals surface area contributed by atoms with E-state index in [1.54, 1.807) is 23.1 Å². The van der Waals surface area contributed by atoms with Crippen LogP contribution in [0.25, 0.3) is 11.0 Å². The summed E-state index contributed by atoms with van der Waals surface area (Å²) in [5.41, 5.74) is -0.990. The van der Waals surface area contributed by atoms with Crippen LogP contribution in [0.3, 0.4) is 0 Å². The third-order valence-electron chi connectivity index (χ3n) is 5.86. The summed E-state index contributed by atoms with van der Waals surface area (Å²) in [6.07, 6.45) is -4.62. The topological polar surface area (TPSA) is 86.1 Å². The van der Waals surface area contributed by atoms with Gasteiger partial charge >= 0.3 is 6.18 Å². The molecule has 2 aliphatic rings. The lowest BCUT2D eigenvalue weighted by Crippen LogP contribution is -2.41. The quantitative estimate of drug-likeness (QED) is 0.459. The molecule has 3 heterocycles. The zero-order valence-corrected chi connectivity index (χ0v) is 19.8. The molecule has 0 amide bonds. The fraction of sp³-hybridized carbons (Fsp3) is 0.318. The number of halogens is 4. The van der Waals surface area contributed by atoms with Crippen LogP contribution in [0.15, 0.2) is 50.1 Å². The van der Waals surface area contributed by atoms with Gasteiger partial charge in [0, 0.05) is 12.6 Å². The van der Waals surface area contributed by atoms with Crippen LogP contribution in [0, 0.1) is 0 Å². The molecule has 0 aliphatic carbocycles. The van der Waals surface area contributed by atoms with Crippen molar-refractivity contribution in [3.05, 3.63) is 62.4 Å². The number of sulfone groups is 1. The Morgan fingerprint density at radius 3 is 2.59 bits per heavy atom. The number of benzene rings is 2. The molecule has 5 rings (SSSR count). The first-order valence-corrected chi connectivity index (χ1v) is 12.8. The van der Waals surface area contributed by atoms with Crippen LogP contribution in [0.1, 0.15) is 17.7 Å². The summed E-state index contributed by atoms with van der Waals surface area (Å²) in [5.74, 6) is -2.25. The van der Waals surface area contributed by atoms with Crippen molar-refractivity contribution in [2.75, 3.05) is 18.2 Å². The normalized spacial score (nSPS) is 20.2. The molecule has 0 saturated carbocycles. The standard InChI is InChI=1S/C22H17BrF3NO6S/c23-15-3-1-2-4-17(15)32-20-18(28)13-5-6-16-14(19(13)33-21(20)22(24,25)26)9-27(11-31-16)12-7-8-34(29,30)10-12/h1-6,12H,7-11H2. The molecule has 0 spiro atoms. The van der Waals surface area contributed by atoms with Crippen molar-refractivity contribution in [3.63, 3.8) is 0 Å². The summed E-state index contributed by atoms with van der Waals surface area (Å²) in [4.78, 5) is 14.9. The second-order valence-corrected chi connectivity index (χ2v) is 11.2. The number of rotatable bonds is 3. The first-order valence-electron chi connectivity index (χ1n) is 10.2. The van der Waals surface area contributed by atoms with Crippen LogP contribution in [-0.4, -0.2) is 37.6 Å². The van der Waals surface area contributed by atoms with Gasteiger partial charge in [0.15, 0.2) is 9.84 Å². The fourth-order valence-corrected chi connectivity index (χ4v) is 6.31. The van der Waals surface area contributed by atoms with E-state index in [2.05, 4.69) is 15.9 Å². The minimum atomic E-state index is -5.01. The second kappa shape index (κ2) is 8.28. The fourth-order valence-electron chi connectivity index (χ4n) is 4.18. The maximum atomic E-state index is 14.0. The minimum absolute atomic E-state index is 0.0227. The Kier molecular flexibility index (Phi) is 5.64. The molecule has 180 valence electrons. The molecule has 7 nitrogen and oxygen atoms in total. The Labute approximate surface area is 200 Å². The average molecular weight is 560 g/mol. The van der Waals surface area contributed by atoms with Crippen molar-refractivity contribution in [1.82, 2.24) is 4.90 Å². The van der Waals surface area contributed by atoms with Crippen molar-refractivity contribution in [2.45, 2.75) is 25.2 Å². The number of fused-ring (bicyclic) bond motifs is 3. The van der Waals surface area contributed by atoms with Crippen LogP contribution in [-0.2, 0) is 22.6 Å². The smallest absolute Gasteiger partial charge is 0.453 e. The molecule has 0 N–H and O–H groups in total. The van der Waals surface area contributed by atoms with Gasteiger partial charge in [-0.05, 0) is 46.6 Å². The lowest BCUT2D eigenvalue weighted by molar-refractivity contribution is -0.154. The van der Waals surface area contributed by atoms with E-state index in [0.29, 0.717) is 10.9 Å². The number of alkyl halides is 3. The lowest BCUT2D eigenvalue weighted by Gasteiger charge is -2.33. The Morgan fingerprint density at radius 1 is 1.15 bits per heavy atom. The van der Waals surface area contributed by atoms with E-state index in [4.69, 9.17) is 13.9 Å². The third-order valence-corrected chi connectivity index (χ3v) is 8.26. The Hall–Kier alpha value is -2.57. The number of ether oxygens (including phenoxy) is 2. The van der Waals surface area contributed by atoms with E-state index in [-0.39, 0.29) is 58.9 Å². The van der Waals surface area contributed by atoms with Gasteiger partial charge in [-0.1, -0.05) is 12.1 Å². The van der Waals surface area contributed by atoms with E-state index in [1.165, 1.54) is 18.2 Å². The van der Waals surface area contributed by atoms with E-state index in [1.807, 2.05) is 0 Å². The number of hydrogen-bond acceptors (Lipinski definition) is 7. The Bertz CT molecular complexity index is 1450. The second-order valence-electron chi connectivity index (χ2n) is 8.12. The van der Waals surface area contributed by atoms with Gasteiger partial charge in [0.05, 0.1) is 26.9 Å².